The third-order valence-electron chi connectivity index (χ3n) is 4.30. The van der Waals surface area contributed by atoms with Gasteiger partial charge in [0, 0.05) is 12.2 Å². The highest BCUT2D eigenvalue weighted by molar-refractivity contribution is 5.48. The van der Waals surface area contributed by atoms with Crippen LogP contribution in [0.1, 0.15) is 42.7 Å². The van der Waals surface area contributed by atoms with Gasteiger partial charge >= 0.3 is 0 Å². The van der Waals surface area contributed by atoms with Crippen LogP contribution in [0.4, 0.5) is 5.69 Å². The minimum Gasteiger partial charge on any atom is -0.399 e. The standard InChI is InChI=1S/C15H22N2/c16-14-6-7-15-12(10-14)4-5-13(15)11-17-8-2-1-3-9-17/h6-7,10,13H,1-5,8-9,11,16H2. The minimum atomic E-state index is 0.753. The van der Waals surface area contributed by atoms with Gasteiger partial charge in [0.25, 0.3) is 0 Å². The van der Waals surface area contributed by atoms with Crippen molar-refractivity contribution >= 4 is 5.69 Å². The molecule has 1 aliphatic heterocycles. The van der Waals surface area contributed by atoms with E-state index in [1.165, 1.54) is 57.3 Å². The molecule has 0 aromatic heterocycles. The fraction of sp³-hybridized carbons (Fsp3) is 0.600. The van der Waals surface area contributed by atoms with Crippen molar-refractivity contribution in [3.8, 4) is 0 Å². The Hall–Kier alpha value is -1.02. The molecule has 2 heteroatoms. The Morgan fingerprint density at radius 2 is 2.00 bits per heavy atom. The van der Waals surface area contributed by atoms with Crippen molar-refractivity contribution in [1.29, 1.82) is 0 Å². The van der Waals surface area contributed by atoms with E-state index in [0.29, 0.717) is 0 Å². The maximum atomic E-state index is 5.85. The van der Waals surface area contributed by atoms with Crippen molar-refractivity contribution in [2.75, 3.05) is 25.4 Å². The lowest BCUT2D eigenvalue weighted by Gasteiger charge is -2.29. The molecular weight excluding hydrogens is 208 g/mol. The number of fused-ring (bicyclic) bond motifs is 1. The van der Waals surface area contributed by atoms with Crippen molar-refractivity contribution in [3.05, 3.63) is 29.3 Å². The molecule has 1 saturated heterocycles. The fourth-order valence-electron chi connectivity index (χ4n) is 3.37. The second kappa shape index (κ2) is 4.69. The largest absolute Gasteiger partial charge is 0.399 e. The van der Waals surface area contributed by atoms with Crippen molar-refractivity contribution in [3.63, 3.8) is 0 Å². The maximum Gasteiger partial charge on any atom is 0.0316 e. The van der Waals surface area contributed by atoms with E-state index in [2.05, 4.69) is 23.1 Å². The Balaban J connectivity index is 1.70. The predicted octanol–water partition coefficient (Wildman–Crippen LogP) is 2.78. The summed E-state index contributed by atoms with van der Waals surface area (Å²) in [7, 11) is 0. The first-order valence-electron chi connectivity index (χ1n) is 6.93. The summed E-state index contributed by atoms with van der Waals surface area (Å²) >= 11 is 0. The summed E-state index contributed by atoms with van der Waals surface area (Å²) in [4.78, 5) is 2.65. The van der Waals surface area contributed by atoms with E-state index in [9.17, 15) is 0 Å². The molecular formula is C15H22N2. The van der Waals surface area contributed by atoms with Crippen LogP contribution in [-0.4, -0.2) is 24.5 Å². The molecule has 0 amide bonds. The molecule has 1 aromatic rings. The SMILES string of the molecule is Nc1ccc2c(c1)CCC2CN1CCCCC1. The molecule has 0 saturated carbocycles. The van der Waals surface area contributed by atoms with Crippen molar-refractivity contribution in [2.45, 2.75) is 38.0 Å². The fourth-order valence-corrected chi connectivity index (χ4v) is 3.37. The van der Waals surface area contributed by atoms with Crippen LogP contribution in [0.2, 0.25) is 0 Å². The summed E-state index contributed by atoms with van der Waals surface area (Å²) in [5.41, 5.74) is 9.82. The summed E-state index contributed by atoms with van der Waals surface area (Å²) in [6.45, 7) is 3.87. The second-order valence-electron chi connectivity index (χ2n) is 5.56. The Bertz CT molecular complexity index is 394. The molecule has 2 aliphatic rings. The Kier molecular flexibility index (Phi) is 3.06. The number of nitrogens with two attached hydrogens (primary N) is 1. The van der Waals surface area contributed by atoms with E-state index in [4.69, 9.17) is 5.73 Å². The van der Waals surface area contributed by atoms with Gasteiger partial charge in [-0.1, -0.05) is 12.5 Å². The maximum absolute atomic E-state index is 5.85. The number of benzene rings is 1. The van der Waals surface area contributed by atoms with E-state index >= 15 is 0 Å². The van der Waals surface area contributed by atoms with Crippen LogP contribution in [0.3, 0.4) is 0 Å². The number of nitrogens with zero attached hydrogens (tertiary/aromatic N) is 1. The van der Waals surface area contributed by atoms with Gasteiger partial charge in [-0.2, -0.15) is 0 Å². The molecule has 0 radical (unpaired) electrons. The summed E-state index contributed by atoms with van der Waals surface area (Å²) in [6.07, 6.45) is 6.74. The summed E-state index contributed by atoms with van der Waals surface area (Å²) < 4.78 is 0. The summed E-state index contributed by atoms with van der Waals surface area (Å²) in [5.74, 6) is 0.753. The third-order valence-corrected chi connectivity index (χ3v) is 4.30. The molecule has 2 N–H and O–H groups in total. The van der Waals surface area contributed by atoms with Crippen LogP contribution in [0.15, 0.2) is 18.2 Å². The molecule has 3 rings (SSSR count). The van der Waals surface area contributed by atoms with Crippen LogP contribution < -0.4 is 5.73 Å². The normalized spacial score (nSPS) is 24.8. The number of hydrogen-bond acceptors (Lipinski definition) is 2. The molecule has 1 unspecified atom stereocenters. The zero-order valence-electron chi connectivity index (χ0n) is 10.5. The predicted molar refractivity (Wildman–Crippen MR) is 72.2 cm³/mol. The first-order valence-corrected chi connectivity index (χ1v) is 6.93. The number of anilines is 1. The topological polar surface area (TPSA) is 29.3 Å². The van der Waals surface area contributed by atoms with Gasteiger partial charge in [0.2, 0.25) is 0 Å². The van der Waals surface area contributed by atoms with E-state index in [1.807, 2.05) is 0 Å². The molecule has 1 atom stereocenters. The van der Waals surface area contributed by atoms with Gasteiger partial charge in [0.1, 0.15) is 0 Å². The number of likely N-dealkylation sites (tertiary alicyclic amines) is 1. The van der Waals surface area contributed by atoms with Gasteiger partial charge in [-0.05, 0) is 68.0 Å². The van der Waals surface area contributed by atoms with Crippen LogP contribution >= 0.6 is 0 Å². The number of hydrogen-bond donors (Lipinski definition) is 1. The summed E-state index contributed by atoms with van der Waals surface area (Å²) in [6, 6.07) is 6.49. The van der Waals surface area contributed by atoms with Gasteiger partial charge in [0.05, 0.1) is 0 Å². The Labute approximate surface area is 104 Å². The number of aryl methyl sites for hydroxylation is 1. The molecule has 17 heavy (non-hydrogen) atoms. The van der Waals surface area contributed by atoms with Crippen LogP contribution in [0.5, 0.6) is 0 Å². The molecule has 1 aromatic carbocycles. The number of piperidine rings is 1. The van der Waals surface area contributed by atoms with E-state index < -0.39 is 0 Å². The van der Waals surface area contributed by atoms with Gasteiger partial charge in [-0.25, -0.2) is 0 Å². The van der Waals surface area contributed by atoms with Gasteiger partial charge in [-0.3, -0.25) is 0 Å². The van der Waals surface area contributed by atoms with E-state index in [1.54, 1.807) is 5.56 Å². The lowest BCUT2D eigenvalue weighted by molar-refractivity contribution is 0.215. The van der Waals surface area contributed by atoms with Crippen LogP contribution in [0.25, 0.3) is 0 Å². The molecule has 1 fully saturated rings. The van der Waals surface area contributed by atoms with E-state index in [0.717, 1.165) is 11.6 Å². The molecule has 1 heterocycles. The van der Waals surface area contributed by atoms with Crippen molar-refractivity contribution < 1.29 is 0 Å². The number of nitrogen functional groups attached to an aromatic ring is 1. The molecule has 0 spiro atoms. The zero-order chi connectivity index (χ0) is 11.7. The monoisotopic (exact) mass is 230 g/mol. The number of rotatable bonds is 2. The first kappa shape index (κ1) is 11.1. The highest BCUT2D eigenvalue weighted by Gasteiger charge is 2.24. The second-order valence-corrected chi connectivity index (χ2v) is 5.56. The minimum absolute atomic E-state index is 0.753. The first-order chi connectivity index (χ1) is 8.33. The van der Waals surface area contributed by atoms with Crippen LogP contribution in [0, 0.1) is 0 Å². The third kappa shape index (κ3) is 2.32. The van der Waals surface area contributed by atoms with Gasteiger partial charge in [-0.15, -0.1) is 0 Å². The molecule has 1 aliphatic carbocycles. The Morgan fingerprint density at radius 3 is 2.82 bits per heavy atom. The highest BCUT2D eigenvalue weighted by Crippen LogP contribution is 2.35. The van der Waals surface area contributed by atoms with Gasteiger partial charge < -0.3 is 10.6 Å². The van der Waals surface area contributed by atoms with Crippen LogP contribution in [-0.2, 0) is 6.42 Å². The Morgan fingerprint density at radius 1 is 1.18 bits per heavy atom. The van der Waals surface area contributed by atoms with Gasteiger partial charge in [0.15, 0.2) is 0 Å². The molecule has 0 bridgehead atoms. The smallest absolute Gasteiger partial charge is 0.0316 e. The highest BCUT2D eigenvalue weighted by atomic mass is 15.1. The zero-order valence-corrected chi connectivity index (χ0v) is 10.5. The lowest BCUT2D eigenvalue weighted by atomic mass is 9.99. The van der Waals surface area contributed by atoms with Crippen molar-refractivity contribution in [2.24, 2.45) is 0 Å². The average molecular weight is 230 g/mol. The van der Waals surface area contributed by atoms with Crippen molar-refractivity contribution in [1.82, 2.24) is 4.90 Å². The summed E-state index contributed by atoms with van der Waals surface area (Å²) in [5, 5.41) is 0. The quantitative estimate of drug-likeness (QED) is 0.792. The molecule has 92 valence electrons. The molecule has 2 nitrogen and oxygen atoms in total. The lowest BCUT2D eigenvalue weighted by Crippen LogP contribution is -2.33. The van der Waals surface area contributed by atoms with E-state index in [-0.39, 0.29) is 0 Å². The average Bonchev–Trinajstić information content (AvgIpc) is 2.73.